The van der Waals surface area contributed by atoms with Gasteiger partial charge < -0.3 is 15.4 Å². The Morgan fingerprint density at radius 2 is 2.00 bits per heavy atom. The zero-order valence-electron chi connectivity index (χ0n) is 13.2. The van der Waals surface area contributed by atoms with Crippen molar-refractivity contribution in [1.82, 2.24) is 15.0 Å². The fourth-order valence-electron chi connectivity index (χ4n) is 2.41. The highest BCUT2D eigenvalue weighted by molar-refractivity contribution is 5.91. The minimum Gasteiger partial charge on any atom is -0.508 e. The molecule has 0 radical (unpaired) electrons. The van der Waals surface area contributed by atoms with E-state index in [1.807, 2.05) is 24.3 Å². The number of rotatable bonds is 6. The summed E-state index contributed by atoms with van der Waals surface area (Å²) in [5, 5.41) is 13.6. The molecule has 3 aromatic rings. The number of fused-ring (bicyclic) bond motifs is 1. The fraction of sp³-hybridized carbons (Fsp3) is 0.0526. The van der Waals surface area contributed by atoms with Gasteiger partial charge in [-0.2, -0.15) is 0 Å². The molecule has 0 amide bonds. The Kier molecular flexibility index (Phi) is 4.43. The van der Waals surface area contributed by atoms with E-state index in [1.165, 1.54) is 6.33 Å². The van der Waals surface area contributed by atoms with Crippen LogP contribution < -0.4 is 5.32 Å². The number of hydrogen-bond donors (Lipinski definition) is 3. The van der Waals surface area contributed by atoms with Gasteiger partial charge >= 0.3 is 0 Å². The topological polar surface area (TPSA) is 73.8 Å². The third kappa shape index (κ3) is 3.20. The minimum absolute atomic E-state index is 0.239. The Balaban J connectivity index is 1.92. The molecule has 24 heavy (non-hydrogen) atoms. The number of anilines is 1. The highest BCUT2D eigenvalue weighted by Gasteiger charge is 2.09. The highest BCUT2D eigenvalue weighted by atomic mass is 16.3. The van der Waals surface area contributed by atoms with Gasteiger partial charge in [-0.25, -0.2) is 9.97 Å². The summed E-state index contributed by atoms with van der Waals surface area (Å²) in [6, 6.07) is 9.01. The van der Waals surface area contributed by atoms with E-state index in [0.717, 1.165) is 33.7 Å². The van der Waals surface area contributed by atoms with E-state index in [0.29, 0.717) is 6.54 Å². The molecule has 120 valence electrons. The smallest absolute Gasteiger partial charge is 0.143 e. The Morgan fingerprint density at radius 1 is 1.21 bits per heavy atom. The van der Waals surface area contributed by atoms with Gasteiger partial charge in [-0.1, -0.05) is 31.4 Å². The van der Waals surface area contributed by atoms with Gasteiger partial charge in [0.1, 0.15) is 23.5 Å². The minimum atomic E-state index is 0.239. The first-order valence-corrected chi connectivity index (χ1v) is 7.52. The first-order valence-electron chi connectivity index (χ1n) is 7.52. The number of phenolic OH excluding ortho intramolecular Hbond substituents is 1. The number of hydrogen-bond acceptors (Lipinski definition) is 4. The molecule has 0 spiro atoms. The van der Waals surface area contributed by atoms with Crippen LogP contribution in [0.4, 0.5) is 5.82 Å². The molecule has 0 bridgehead atoms. The van der Waals surface area contributed by atoms with Crippen LogP contribution in [0.2, 0.25) is 0 Å². The van der Waals surface area contributed by atoms with Crippen LogP contribution in [0.5, 0.6) is 5.75 Å². The number of benzene rings is 1. The van der Waals surface area contributed by atoms with E-state index in [-0.39, 0.29) is 5.75 Å². The molecule has 1 aromatic carbocycles. The molecular weight excluding hydrogens is 300 g/mol. The molecular formula is C19H18N4O. The quantitative estimate of drug-likeness (QED) is 0.600. The average molecular weight is 318 g/mol. The highest BCUT2D eigenvalue weighted by Crippen LogP contribution is 2.27. The number of nitrogens with zero attached hydrogens (tertiary/aromatic N) is 2. The van der Waals surface area contributed by atoms with Gasteiger partial charge in [0.25, 0.3) is 0 Å². The van der Waals surface area contributed by atoms with Crippen molar-refractivity contribution in [2.45, 2.75) is 0 Å². The predicted octanol–water partition coefficient (Wildman–Crippen LogP) is 4.04. The molecule has 2 heterocycles. The predicted molar refractivity (Wildman–Crippen MR) is 98.0 cm³/mol. The van der Waals surface area contributed by atoms with Crippen LogP contribution in [-0.4, -0.2) is 26.6 Å². The number of aromatic hydroxyl groups is 1. The van der Waals surface area contributed by atoms with Gasteiger partial charge in [-0.15, -0.1) is 0 Å². The van der Waals surface area contributed by atoms with E-state index in [1.54, 1.807) is 24.3 Å². The summed E-state index contributed by atoms with van der Waals surface area (Å²) in [5.74, 6) is 0.987. The van der Waals surface area contributed by atoms with Crippen molar-refractivity contribution in [3.05, 3.63) is 73.6 Å². The lowest BCUT2D eigenvalue weighted by molar-refractivity contribution is 0.475. The molecule has 0 fully saturated rings. The first kappa shape index (κ1) is 15.6. The summed E-state index contributed by atoms with van der Waals surface area (Å²) >= 11 is 0. The summed E-state index contributed by atoms with van der Waals surface area (Å²) in [7, 11) is 0. The van der Waals surface area contributed by atoms with E-state index in [4.69, 9.17) is 0 Å². The molecule has 0 saturated carbocycles. The summed E-state index contributed by atoms with van der Waals surface area (Å²) in [6.07, 6.45) is 6.93. The summed E-state index contributed by atoms with van der Waals surface area (Å²) in [5.41, 5.74) is 3.66. The summed E-state index contributed by atoms with van der Waals surface area (Å²) < 4.78 is 0. The van der Waals surface area contributed by atoms with Crippen molar-refractivity contribution in [1.29, 1.82) is 0 Å². The van der Waals surface area contributed by atoms with Crippen LogP contribution >= 0.6 is 0 Å². The Morgan fingerprint density at radius 3 is 2.71 bits per heavy atom. The number of H-pyrrole nitrogens is 1. The standard InChI is InChI=1S/C19H18N4O/c1-3-5-13(4-2)11-20-18-16-10-17(23-19(16)22-12-21-18)14-6-8-15(24)9-7-14/h3-10,12,24H,1-2,11H2,(H2,20,21,22,23)/b13-5+. The second kappa shape index (κ2) is 6.83. The van der Waals surface area contributed by atoms with Crippen molar-refractivity contribution in [3.63, 3.8) is 0 Å². The third-order valence-corrected chi connectivity index (χ3v) is 3.66. The number of aromatic nitrogens is 3. The molecule has 0 aliphatic carbocycles. The lowest BCUT2D eigenvalue weighted by Gasteiger charge is -2.06. The molecule has 3 N–H and O–H groups in total. The monoisotopic (exact) mass is 318 g/mol. The van der Waals surface area contributed by atoms with Crippen LogP contribution in [0.15, 0.2) is 73.6 Å². The van der Waals surface area contributed by atoms with Crippen molar-refractivity contribution in [3.8, 4) is 17.0 Å². The molecule has 5 heteroatoms. The van der Waals surface area contributed by atoms with Crippen LogP contribution in [0.3, 0.4) is 0 Å². The maximum atomic E-state index is 9.41. The normalized spacial score (nSPS) is 11.4. The third-order valence-electron chi connectivity index (χ3n) is 3.66. The molecule has 2 aromatic heterocycles. The second-order valence-corrected chi connectivity index (χ2v) is 5.25. The number of aromatic amines is 1. The number of allylic oxidation sites excluding steroid dienone is 2. The SMILES string of the molecule is C=C/C=C(\C=C)CNc1ncnc2[nH]c(-c3ccc(O)cc3)cc12. The summed E-state index contributed by atoms with van der Waals surface area (Å²) in [4.78, 5) is 11.9. The van der Waals surface area contributed by atoms with E-state index < -0.39 is 0 Å². The lowest BCUT2D eigenvalue weighted by Crippen LogP contribution is -2.05. The van der Waals surface area contributed by atoms with E-state index >= 15 is 0 Å². The van der Waals surface area contributed by atoms with Crippen molar-refractivity contribution in [2.75, 3.05) is 11.9 Å². The average Bonchev–Trinajstić information content (AvgIpc) is 3.04. The largest absolute Gasteiger partial charge is 0.508 e. The van der Waals surface area contributed by atoms with Gasteiger partial charge in [0.05, 0.1) is 5.39 Å². The van der Waals surface area contributed by atoms with Crippen LogP contribution in [0.1, 0.15) is 0 Å². The first-order chi connectivity index (χ1) is 11.7. The van der Waals surface area contributed by atoms with Crippen molar-refractivity contribution >= 4 is 16.9 Å². The summed E-state index contributed by atoms with van der Waals surface area (Å²) in [6.45, 7) is 8.08. The zero-order chi connectivity index (χ0) is 16.9. The molecule has 3 rings (SSSR count). The molecule has 0 atom stereocenters. The van der Waals surface area contributed by atoms with Gasteiger partial charge in [0.2, 0.25) is 0 Å². The maximum absolute atomic E-state index is 9.41. The van der Waals surface area contributed by atoms with Crippen molar-refractivity contribution < 1.29 is 5.11 Å². The Labute approximate surface area is 140 Å². The molecule has 0 unspecified atom stereocenters. The Hall–Kier alpha value is -3.34. The van der Waals surface area contributed by atoms with E-state index in [2.05, 4.69) is 33.4 Å². The van der Waals surface area contributed by atoms with Gasteiger partial charge in [-0.3, -0.25) is 0 Å². The fourth-order valence-corrected chi connectivity index (χ4v) is 2.41. The zero-order valence-corrected chi connectivity index (χ0v) is 13.2. The van der Waals surface area contributed by atoms with Crippen LogP contribution in [-0.2, 0) is 0 Å². The van der Waals surface area contributed by atoms with Gasteiger partial charge in [0, 0.05) is 12.2 Å². The molecule has 5 nitrogen and oxygen atoms in total. The van der Waals surface area contributed by atoms with Crippen LogP contribution in [0, 0.1) is 0 Å². The Bertz CT molecular complexity index is 907. The second-order valence-electron chi connectivity index (χ2n) is 5.25. The van der Waals surface area contributed by atoms with Gasteiger partial charge in [0.15, 0.2) is 0 Å². The van der Waals surface area contributed by atoms with E-state index in [9.17, 15) is 5.11 Å². The molecule has 0 aliphatic heterocycles. The maximum Gasteiger partial charge on any atom is 0.143 e. The number of nitrogens with one attached hydrogen (secondary N) is 2. The molecule has 0 saturated heterocycles. The van der Waals surface area contributed by atoms with Gasteiger partial charge in [-0.05, 0) is 41.5 Å². The molecule has 0 aliphatic rings. The van der Waals surface area contributed by atoms with Crippen LogP contribution in [0.25, 0.3) is 22.3 Å². The number of phenols is 1. The lowest BCUT2D eigenvalue weighted by atomic mass is 10.1. The van der Waals surface area contributed by atoms with Crippen molar-refractivity contribution in [2.24, 2.45) is 0 Å².